The SMILES string of the molecule is CCNCc1cccc(OCc2ccc(F)cc2)c1.Cl. The Kier molecular flexibility index (Phi) is 7.05. The molecule has 0 atom stereocenters. The van der Waals surface area contributed by atoms with Crippen molar-refractivity contribution < 1.29 is 9.13 Å². The van der Waals surface area contributed by atoms with Crippen LogP contribution in [0.15, 0.2) is 48.5 Å². The second-order valence-electron chi connectivity index (χ2n) is 4.34. The molecule has 0 amide bonds. The Bertz CT molecular complexity index is 516. The molecule has 2 nitrogen and oxygen atoms in total. The van der Waals surface area contributed by atoms with Crippen LogP contribution in [0.1, 0.15) is 18.1 Å². The van der Waals surface area contributed by atoms with Crippen molar-refractivity contribution in [1.82, 2.24) is 5.32 Å². The third-order valence-corrected chi connectivity index (χ3v) is 2.80. The zero-order valence-electron chi connectivity index (χ0n) is 11.4. The van der Waals surface area contributed by atoms with E-state index in [1.807, 2.05) is 18.2 Å². The maximum atomic E-state index is 12.8. The van der Waals surface area contributed by atoms with Crippen LogP contribution in [0, 0.1) is 5.82 Å². The average Bonchev–Trinajstić information content (AvgIpc) is 2.45. The molecule has 2 aromatic rings. The molecular weight excluding hydrogens is 277 g/mol. The van der Waals surface area contributed by atoms with E-state index in [1.54, 1.807) is 12.1 Å². The minimum Gasteiger partial charge on any atom is -0.489 e. The first-order valence-corrected chi connectivity index (χ1v) is 6.45. The summed E-state index contributed by atoms with van der Waals surface area (Å²) < 4.78 is 18.5. The lowest BCUT2D eigenvalue weighted by Crippen LogP contribution is -2.11. The van der Waals surface area contributed by atoms with Gasteiger partial charge in [0.1, 0.15) is 18.2 Å². The molecule has 0 spiro atoms. The molecule has 0 aliphatic carbocycles. The minimum atomic E-state index is -0.226. The summed E-state index contributed by atoms with van der Waals surface area (Å²) in [7, 11) is 0. The second kappa shape index (κ2) is 8.56. The fourth-order valence-electron chi connectivity index (χ4n) is 1.76. The second-order valence-corrected chi connectivity index (χ2v) is 4.34. The monoisotopic (exact) mass is 295 g/mol. The van der Waals surface area contributed by atoms with Crippen LogP contribution in [0.3, 0.4) is 0 Å². The van der Waals surface area contributed by atoms with Gasteiger partial charge in [-0.25, -0.2) is 4.39 Å². The lowest BCUT2D eigenvalue weighted by molar-refractivity contribution is 0.305. The molecule has 0 saturated heterocycles. The van der Waals surface area contributed by atoms with Gasteiger partial charge in [-0.3, -0.25) is 0 Å². The summed E-state index contributed by atoms with van der Waals surface area (Å²) in [5.41, 5.74) is 2.15. The molecule has 0 aromatic heterocycles. The number of halogens is 2. The van der Waals surface area contributed by atoms with Gasteiger partial charge in [0.15, 0.2) is 0 Å². The number of rotatable bonds is 6. The molecule has 1 N–H and O–H groups in total. The van der Waals surface area contributed by atoms with Gasteiger partial charge in [-0.15, -0.1) is 12.4 Å². The lowest BCUT2D eigenvalue weighted by atomic mass is 10.2. The quantitative estimate of drug-likeness (QED) is 0.872. The van der Waals surface area contributed by atoms with E-state index < -0.39 is 0 Å². The largest absolute Gasteiger partial charge is 0.489 e. The molecule has 0 fully saturated rings. The van der Waals surface area contributed by atoms with Gasteiger partial charge in [-0.1, -0.05) is 31.2 Å². The number of benzene rings is 2. The van der Waals surface area contributed by atoms with Crippen LogP contribution in [0.4, 0.5) is 4.39 Å². The van der Waals surface area contributed by atoms with Gasteiger partial charge in [-0.05, 0) is 41.9 Å². The van der Waals surface area contributed by atoms with Crippen LogP contribution < -0.4 is 10.1 Å². The fourth-order valence-corrected chi connectivity index (χ4v) is 1.76. The van der Waals surface area contributed by atoms with Crippen molar-refractivity contribution in [3.05, 3.63) is 65.5 Å². The van der Waals surface area contributed by atoms with Gasteiger partial charge < -0.3 is 10.1 Å². The maximum Gasteiger partial charge on any atom is 0.123 e. The molecule has 0 aliphatic rings. The molecular formula is C16H19ClFNO. The van der Waals surface area contributed by atoms with Gasteiger partial charge in [0.05, 0.1) is 0 Å². The average molecular weight is 296 g/mol. The highest BCUT2D eigenvalue weighted by molar-refractivity contribution is 5.85. The van der Waals surface area contributed by atoms with Crippen molar-refractivity contribution in [1.29, 1.82) is 0 Å². The third-order valence-electron chi connectivity index (χ3n) is 2.80. The molecule has 2 rings (SSSR count). The molecule has 0 saturated carbocycles. The van der Waals surface area contributed by atoms with Crippen LogP contribution in [0.2, 0.25) is 0 Å². The number of hydrogen-bond acceptors (Lipinski definition) is 2. The highest BCUT2D eigenvalue weighted by Gasteiger charge is 1.98. The first kappa shape index (κ1) is 16.5. The lowest BCUT2D eigenvalue weighted by Gasteiger charge is -2.08. The Morgan fingerprint density at radius 1 is 1.05 bits per heavy atom. The third kappa shape index (κ3) is 5.19. The van der Waals surface area contributed by atoms with Crippen molar-refractivity contribution in [3.8, 4) is 5.75 Å². The Balaban J connectivity index is 0.00000200. The number of ether oxygens (including phenoxy) is 1. The zero-order valence-corrected chi connectivity index (χ0v) is 12.3. The standard InChI is InChI=1S/C16H18FNO.ClH/c1-2-18-11-14-4-3-5-16(10-14)19-12-13-6-8-15(17)9-7-13;/h3-10,18H,2,11-12H2,1H3;1H. The Morgan fingerprint density at radius 2 is 1.80 bits per heavy atom. The van der Waals surface area contributed by atoms with Gasteiger partial charge >= 0.3 is 0 Å². The van der Waals surface area contributed by atoms with Crippen molar-refractivity contribution in [3.63, 3.8) is 0 Å². The summed E-state index contributed by atoms with van der Waals surface area (Å²) >= 11 is 0. The predicted octanol–water partition coefficient (Wildman–Crippen LogP) is 3.94. The molecule has 2 aromatic carbocycles. The normalized spacial score (nSPS) is 9.90. The predicted molar refractivity (Wildman–Crippen MR) is 81.8 cm³/mol. The van der Waals surface area contributed by atoms with Crippen LogP contribution in [-0.2, 0) is 13.2 Å². The van der Waals surface area contributed by atoms with E-state index in [0.29, 0.717) is 6.61 Å². The summed E-state index contributed by atoms with van der Waals surface area (Å²) in [4.78, 5) is 0. The van der Waals surface area contributed by atoms with Gasteiger partial charge in [0.25, 0.3) is 0 Å². The molecule has 108 valence electrons. The molecule has 20 heavy (non-hydrogen) atoms. The van der Waals surface area contributed by atoms with Crippen molar-refractivity contribution in [2.75, 3.05) is 6.54 Å². The smallest absolute Gasteiger partial charge is 0.123 e. The van der Waals surface area contributed by atoms with Crippen LogP contribution in [0.5, 0.6) is 5.75 Å². The van der Waals surface area contributed by atoms with E-state index in [2.05, 4.69) is 18.3 Å². The van der Waals surface area contributed by atoms with Gasteiger partial charge in [0, 0.05) is 6.54 Å². The molecule has 4 heteroatoms. The topological polar surface area (TPSA) is 21.3 Å². The van der Waals surface area contributed by atoms with Gasteiger partial charge in [0.2, 0.25) is 0 Å². The zero-order chi connectivity index (χ0) is 13.5. The summed E-state index contributed by atoms with van der Waals surface area (Å²) in [6, 6.07) is 14.3. The van der Waals surface area contributed by atoms with Gasteiger partial charge in [-0.2, -0.15) is 0 Å². The summed E-state index contributed by atoms with van der Waals surface area (Å²) in [6.45, 7) is 4.31. The minimum absolute atomic E-state index is 0. The number of nitrogens with one attached hydrogen (secondary N) is 1. The Labute approximate surface area is 125 Å². The fraction of sp³-hybridized carbons (Fsp3) is 0.250. The highest BCUT2D eigenvalue weighted by Crippen LogP contribution is 2.15. The van der Waals surface area contributed by atoms with Crippen LogP contribution in [0.25, 0.3) is 0 Å². The molecule has 0 bridgehead atoms. The van der Waals surface area contributed by atoms with Crippen molar-refractivity contribution in [2.24, 2.45) is 0 Å². The Morgan fingerprint density at radius 3 is 2.50 bits per heavy atom. The first-order valence-electron chi connectivity index (χ1n) is 6.45. The Hall–Kier alpha value is -1.58. The van der Waals surface area contributed by atoms with Crippen molar-refractivity contribution in [2.45, 2.75) is 20.1 Å². The summed E-state index contributed by atoms with van der Waals surface area (Å²) in [6.07, 6.45) is 0. The maximum absolute atomic E-state index is 12.8. The highest BCUT2D eigenvalue weighted by atomic mass is 35.5. The van der Waals surface area contributed by atoms with E-state index in [9.17, 15) is 4.39 Å². The van der Waals surface area contributed by atoms with E-state index in [0.717, 1.165) is 24.4 Å². The summed E-state index contributed by atoms with van der Waals surface area (Å²) in [5.74, 6) is 0.608. The first-order chi connectivity index (χ1) is 9.28. The molecule has 0 radical (unpaired) electrons. The van der Waals surface area contributed by atoms with E-state index >= 15 is 0 Å². The molecule has 0 aliphatic heterocycles. The van der Waals surface area contributed by atoms with E-state index in [-0.39, 0.29) is 18.2 Å². The van der Waals surface area contributed by atoms with Crippen molar-refractivity contribution >= 4 is 12.4 Å². The number of hydrogen-bond donors (Lipinski definition) is 1. The van der Waals surface area contributed by atoms with Crippen LogP contribution >= 0.6 is 12.4 Å². The summed E-state index contributed by atoms with van der Waals surface area (Å²) in [5, 5.41) is 3.27. The van der Waals surface area contributed by atoms with E-state index in [4.69, 9.17) is 4.74 Å². The van der Waals surface area contributed by atoms with E-state index in [1.165, 1.54) is 17.7 Å². The molecule has 0 unspecified atom stereocenters. The molecule has 0 heterocycles. The van der Waals surface area contributed by atoms with Crippen LogP contribution in [-0.4, -0.2) is 6.54 Å².